The molecule has 0 unspecified atom stereocenters. The number of aryl methyl sites for hydroxylation is 3. The van der Waals surface area contributed by atoms with Gasteiger partial charge in [0, 0.05) is 4.47 Å². The first-order valence-electron chi connectivity index (χ1n) is 7.42. The van der Waals surface area contributed by atoms with Gasteiger partial charge in [-0.2, -0.15) is 0 Å². The number of halogens is 1. The lowest BCUT2D eigenvalue weighted by atomic mass is 10.00. The van der Waals surface area contributed by atoms with E-state index in [4.69, 9.17) is 0 Å². The number of imidazole rings is 1. The van der Waals surface area contributed by atoms with E-state index in [1.54, 1.807) is 0 Å². The molecule has 0 saturated heterocycles. The normalized spacial score (nSPS) is 10.9. The predicted octanol–water partition coefficient (Wildman–Crippen LogP) is 4.50. The lowest BCUT2D eigenvalue weighted by molar-refractivity contribution is -0.687. The molecule has 2 nitrogen and oxygen atoms in total. The molecule has 0 spiro atoms. The fourth-order valence-corrected chi connectivity index (χ4v) is 3.16. The largest absolute Gasteiger partial charge is 0.249 e. The molecule has 0 radical (unpaired) electrons. The van der Waals surface area contributed by atoms with Gasteiger partial charge < -0.3 is 0 Å². The molecule has 0 atom stereocenters. The maximum atomic E-state index is 3.47. The predicted molar refractivity (Wildman–Crippen MR) is 93.4 cm³/mol. The molecular weight excluding hydrogens is 336 g/mol. The minimum absolute atomic E-state index is 0.904. The summed E-state index contributed by atoms with van der Waals surface area (Å²) in [5.74, 6) is 0. The third-order valence-electron chi connectivity index (χ3n) is 4.00. The van der Waals surface area contributed by atoms with E-state index in [1.807, 2.05) is 0 Å². The maximum absolute atomic E-state index is 3.47. The van der Waals surface area contributed by atoms with E-state index in [1.165, 1.54) is 27.9 Å². The van der Waals surface area contributed by atoms with Crippen molar-refractivity contribution in [3.8, 4) is 5.69 Å². The molecule has 2 aromatic carbocycles. The van der Waals surface area contributed by atoms with Crippen molar-refractivity contribution in [1.82, 2.24) is 4.57 Å². The van der Waals surface area contributed by atoms with Crippen molar-refractivity contribution in [1.29, 1.82) is 0 Å². The Bertz CT molecular complexity index is 778. The molecular formula is C19H20BrN2+. The van der Waals surface area contributed by atoms with Crippen LogP contribution in [0.5, 0.6) is 0 Å². The topological polar surface area (TPSA) is 8.81 Å². The Balaban J connectivity index is 1.87. The van der Waals surface area contributed by atoms with Gasteiger partial charge in [-0.1, -0.05) is 33.6 Å². The molecule has 3 aromatic rings. The number of hydrogen-bond acceptors (Lipinski definition) is 0. The molecule has 22 heavy (non-hydrogen) atoms. The van der Waals surface area contributed by atoms with Gasteiger partial charge in [-0.05, 0) is 61.7 Å². The van der Waals surface area contributed by atoms with Crippen LogP contribution in [0.25, 0.3) is 5.69 Å². The van der Waals surface area contributed by atoms with Crippen molar-refractivity contribution in [2.75, 3.05) is 0 Å². The zero-order valence-corrected chi connectivity index (χ0v) is 14.8. The Kier molecular flexibility index (Phi) is 4.16. The Labute approximate surface area is 140 Å². The van der Waals surface area contributed by atoms with E-state index in [-0.39, 0.29) is 0 Å². The van der Waals surface area contributed by atoms with Crippen LogP contribution >= 0.6 is 15.9 Å². The second-order valence-corrected chi connectivity index (χ2v) is 6.76. The van der Waals surface area contributed by atoms with Crippen molar-refractivity contribution in [2.24, 2.45) is 0 Å². The summed E-state index contributed by atoms with van der Waals surface area (Å²) in [6.07, 6.45) is 6.37. The average Bonchev–Trinajstić information content (AvgIpc) is 2.92. The first kappa shape index (κ1) is 15.0. The summed E-state index contributed by atoms with van der Waals surface area (Å²) in [5.41, 5.74) is 6.63. The standard InChI is InChI=1S/C19H20BrN2/c1-14-10-15(2)19(16(3)11-14)12-21-8-9-22(13-21)18-6-4-17(20)5-7-18/h4-11,13H,12H2,1-3H3/q+1. The summed E-state index contributed by atoms with van der Waals surface area (Å²) in [5, 5.41) is 0. The zero-order valence-electron chi connectivity index (χ0n) is 13.2. The van der Waals surface area contributed by atoms with Crippen LogP contribution in [-0.2, 0) is 6.54 Å². The van der Waals surface area contributed by atoms with Gasteiger partial charge in [0.1, 0.15) is 24.6 Å². The van der Waals surface area contributed by atoms with Gasteiger partial charge in [0.2, 0.25) is 6.33 Å². The summed E-state index contributed by atoms with van der Waals surface area (Å²) in [4.78, 5) is 0. The fraction of sp³-hybridized carbons (Fsp3) is 0.211. The third-order valence-corrected chi connectivity index (χ3v) is 4.53. The van der Waals surface area contributed by atoms with E-state index in [0.717, 1.165) is 11.0 Å². The minimum atomic E-state index is 0.904. The van der Waals surface area contributed by atoms with Crippen LogP contribution in [-0.4, -0.2) is 4.57 Å². The fourth-order valence-electron chi connectivity index (χ4n) is 2.90. The van der Waals surface area contributed by atoms with Crippen LogP contribution in [0.2, 0.25) is 0 Å². The Morgan fingerprint density at radius 1 is 1.00 bits per heavy atom. The van der Waals surface area contributed by atoms with E-state index in [2.05, 4.69) is 101 Å². The first-order valence-corrected chi connectivity index (χ1v) is 8.22. The summed E-state index contributed by atoms with van der Waals surface area (Å²) in [6.45, 7) is 7.45. The SMILES string of the molecule is Cc1cc(C)c(C[n+]2ccn(-c3ccc(Br)cc3)c2)c(C)c1. The molecule has 1 heterocycles. The maximum Gasteiger partial charge on any atom is 0.249 e. The zero-order chi connectivity index (χ0) is 15.7. The van der Waals surface area contributed by atoms with Gasteiger partial charge in [0.15, 0.2) is 0 Å². The molecule has 112 valence electrons. The Morgan fingerprint density at radius 2 is 1.64 bits per heavy atom. The smallest absolute Gasteiger partial charge is 0.232 e. The highest BCUT2D eigenvalue weighted by Crippen LogP contribution is 2.16. The molecule has 0 aliphatic rings. The molecule has 1 aromatic heterocycles. The van der Waals surface area contributed by atoms with Crippen molar-refractivity contribution >= 4 is 15.9 Å². The van der Waals surface area contributed by atoms with Crippen LogP contribution in [0, 0.1) is 20.8 Å². The van der Waals surface area contributed by atoms with Crippen molar-refractivity contribution in [3.05, 3.63) is 81.8 Å². The van der Waals surface area contributed by atoms with Gasteiger partial charge in [-0.15, -0.1) is 0 Å². The number of hydrogen-bond donors (Lipinski definition) is 0. The Hall–Kier alpha value is -1.87. The molecule has 3 rings (SSSR count). The highest BCUT2D eigenvalue weighted by atomic mass is 79.9. The number of aromatic nitrogens is 2. The summed E-state index contributed by atoms with van der Waals surface area (Å²) in [6, 6.07) is 12.9. The molecule has 0 fully saturated rings. The van der Waals surface area contributed by atoms with E-state index in [0.29, 0.717) is 0 Å². The summed E-state index contributed by atoms with van der Waals surface area (Å²) >= 11 is 3.47. The second-order valence-electron chi connectivity index (χ2n) is 5.85. The van der Waals surface area contributed by atoms with Crippen molar-refractivity contribution in [2.45, 2.75) is 27.3 Å². The monoisotopic (exact) mass is 355 g/mol. The highest BCUT2D eigenvalue weighted by molar-refractivity contribution is 9.10. The third kappa shape index (κ3) is 3.14. The van der Waals surface area contributed by atoms with Crippen LogP contribution < -0.4 is 4.57 Å². The molecule has 0 amide bonds. The van der Waals surface area contributed by atoms with Crippen LogP contribution in [0.1, 0.15) is 22.3 Å². The average molecular weight is 356 g/mol. The van der Waals surface area contributed by atoms with E-state index >= 15 is 0 Å². The van der Waals surface area contributed by atoms with Crippen molar-refractivity contribution in [3.63, 3.8) is 0 Å². The molecule has 0 N–H and O–H groups in total. The first-order chi connectivity index (χ1) is 10.5. The number of benzene rings is 2. The van der Waals surface area contributed by atoms with E-state index < -0.39 is 0 Å². The lowest BCUT2D eigenvalue weighted by Crippen LogP contribution is -2.32. The van der Waals surface area contributed by atoms with Gasteiger partial charge in [-0.3, -0.25) is 0 Å². The summed E-state index contributed by atoms with van der Waals surface area (Å²) < 4.78 is 5.47. The molecule has 0 aliphatic carbocycles. The van der Waals surface area contributed by atoms with Gasteiger partial charge in [0.25, 0.3) is 0 Å². The minimum Gasteiger partial charge on any atom is -0.232 e. The van der Waals surface area contributed by atoms with Crippen LogP contribution in [0.15, 0.2) is 59.6 Å². The molecule has 0 saturated carbocycles. The van der Waals surface area contributed by atoms with Crippen LogP contribution in [0.4, 0.5) is 0 Å². The number of nitrogens with zero attached hydrogens (tertiary/aromatic N) is 2. The quantitative estimate of drug-likeness (QED) is 0.611. The van der Waals surface area contributed by atoms with Crippen molar-refractivity contribution < 1.29 is 4.57 Å². The summed E-state index contributed by atoms with van der Waals surface area (Å²) in [7, 11) is 0. The molecule has 3 heteroatoms. The van der Waals surface area contributed by atoms with E-state index in [9.17, 15) is 0 Å². The Morgan fingerprint density at radius 3 is 2.27 bits per heavy atom. The molecule has 0 bridgehead atoms. The van der Waals surface area contributed by atoms with Crippen LogP contribution in [0.3, 0.4) is 0 Å². The van der Waals surface area contributed by atoms with Gasteiger partial charge in [0.05, 0.1) is 0 Å². The molecule has 0 aliphatic heterocycles. The highest BCUT2D eigenvalue weighted by Gasteiger charge is 2.10. The van der Waals surface area contributed by atoms with Gasteiger partial charge in [-0.25, -0.2) is 9.13 Å². The second kappa shape index (κ2) is 6.09. The lowest BCUT2D eigenvalue weighted by Gasteiger charge is -2.09. The number of rotatable bonds is 3. The van der Waals surface area contributed by atoms with Gasteiger partial charge >= 0.3 is 0 Å².